The molecule has 0 atom stereocenters. The molecule has 1 fully saturated rings. The molecule has 1 aromatic heterocycles. The number of benzene rings is 1. The molecule has 27 heavy (non-hydrogen) atoms. The highest BCUT2D eigenvalue weighted by Gasteiger charge is 2.29. The van der Waals surface area contributed by atoms with Crippen LogP contribution in [0, 0.1) is 0 Å². The van der Waals surface area contributed by atoms with Gasteiger partial charge in [-0.25, -0.2) is 9.48 Å². The third-order valence-electron chi connectivity index (χ3n) is 4.16. The van der Waals surface area contributed by atoms with Crippen LogP contribution in [0.5, 0.6) is 0 Å². The zero-order chi connectivity index (χ0) is 19.4. The minimum absolute atomic E-state index is 0.168. The van der Waals surface area contributed by atoms with E-state index in [1.807, 2.05) is 51.1 Å². The Bertz CT molecular complexity index is 789. The Kier molecular flexibility index (Phi) is 5.43. The zero-order valence-electron chi connectivity index (χ0n) is 16.0. The van der Waals surface area contributed by atoms with Gasteiger partial charge in [-0.1, -0.05) is 35.5 Å². The number of carbonyl (C=O) groups is 2. The molecule has 8 heteroatoms. The third-order valence-corrected chi connectivity index (χ3v) is 4.16. The SMILES string of the molecule is CC(C)(C)OC(=O)N1CCN(C(=O)c2cn(Cc3ccccc3)nn2)CC1. The second-order valence-electron chi connectivity index (χ2n) is 7.55. The molecule has 0 N–H and O–H groups in total. The van der Waals surface area contributed by atoms with Crippen LogP contribution in [0.1, 0.15) is 36.8 Å². The van der Waals surface area contributed by atoms with Crippen molar-refractivity contribution in [2.24, 2.45) is 0 Å². The fraction of sp³-hybridized carbons (Fsp3) is 0.474. The molecular formula is C19H25N5O3. The maximum atomic E-state index is 12.6. The maximum absolute atomic E-state index is 12.6. The molecule has 0 unspecified atom stereocenters. The molecule has 8 nitrogen and oxygen atoms in total. The predicted molar refractivity (Wildman–Crippen MR) is 99.3 cm³/mol. The number of piperazine rings is 1. The molecule has 2 amide bonds. The van der Waals surface area contributed by atoms with E-state index in [9.17, 15) is 9.59 Å². The first-order chi connectivity index (χ1) is 12.8. The van der Waals surface area contributed by atoms with Crippen molar-refractivity contribution in [2.45, 2.75) is 32.9 Å². The molecule has 0 bridgehead atoms. The summed E-state index contributed by atoms with van der Waals surface area (Å²) in [4.78, 5) is 28.1. The summed E-state index contributed by atoms with van der Waals surface area (Å²) in [5.41, 5.74) is 0.880. The molecule has 3 rings (SSSR count). The lowest BCUT2D eigenvalue weighted by molar-refractivity contribution is 0.0140. The summed E-state index contributed by atoms with van der Waals surface area (Å²) in [6.07, 6.45) is 1.32. The van der Waals surface area contributed by atoms with E-state index < -0.39 is 5.60 Å². The van der Waals surface area contributed by atoms with E-state index in [2.05, 4.69) is 10.3 Å². The second kappa shape index (κ2) is 7.77. The van der Waals surface area contributed by atoms with Crippen LogP contribution in [0.2, 0.25) is 0 Å². The minimum atomic E-state index is -0.526. The number of aromatic nitrogens is 3. The van der Waals surface area contributed by atoms with Gasteiger partial charge in [0, 0.05) is 26.2 Å². The third kappa shape index (κ3) is 5.06. The van der Waals surface area contributed by atoms with Gasteiger partial charge in [0.2, 0.25) is 0 Å². The standard InChI is InChI=1S/C19H25N5O3/c1-19(2,3)27-18(26)23-11-9-22(10-12-23)17(25)16-14-24(21-20-16)13-15-7-5-4-6-8-15/h4-8,14H,9-13H2,1-3H3. The number of rotatable bonds is 3. The van der Waals surface area contributed by atoms with Gasteiger partial charge >= 0.3 is 6.09 Å². The zero-order valence-corrected chi connectivity index (χ0v) is 16.0. The van der Waals surface area contributed by atoms with Gasteiger partial charge in [-0.2, -0.15) is 0 Å². The molecule has 144 valence electrons. The van der Waals surface area contributed by atoms with Gasteiger partial charge < -0.3 is 14.5 Å². The first kappa shape index (κ1) is 18.9. The average Bonchev–Trinajstić information content (AvgIpc) is 3.09. The minimum Gasteiger partial charge on any atom is -0.444 e. The van der Waals surface area contributed by atoms with Crippen molar-refractivity contribution in [3.05, 3.63) is 47.8 Å². The van der Waals surface area contributed by atoms with Crippen molar-refractivity contribution < 1.29 is 14.3 Å². The van der Waals surface area contributed by atoms with Gasteiger partial charge in [0.1, 0.15) is 5.60 Å². The summed E-state index contributed by atoms with van der Waals surface area (Å²) in [5, 5.41) is 8.05. The van der Waals surface area contributed by atoms with E-state index in [-0.39, 0.29) is 12.0 Å². The predicted octanol–water partition coefficient (Wildman–Crippen LogP) is 2.02. The molecule has 0 aliphatic carbocycles. The lowest BCUT2D eigenvalue weighted by atomic mass is 10.2. The monoisotopic (exact) mass is 371 g/mol. The average molecular weight is 371 g/mol. The fourth-order valence-corrected chi connectivity index (χ4v) is 2.82. The summed E-state index contributed by atoms with van der Waals surface area (Å²) in [7, 11) is 0. The van der Waals surface area contributed by atoms with Crippen LogP contribution in [0.15, 0.2) is 36.5 Å². The molecular weight excluding hydrogens is 346 g/mol. The molecule has 1 aliphatic rings. The summed E-state index contributed by atoms with van der Waals surface area (Å²) in [5.74, 6) is -0.168. The van der Waals surface area contributed by atoms with Crippen LogP contribution in [-0.2, 0) is 11.3 Å². The Morgan fingerprint density at radius 3 is 2.30 bits per heavy atom. The van der Waals surface area contributed by atoms with Crippen LogP contribution < -0.4 is 0 Å². The van der Waals surface area contributed by atoms with Crippen molar-refractivity contribution in [2.75, 3.05) is 26.2 Å². The summed E-state index contributed by atoms with van der Waals surface area (Å²) >= 11 is 0. The fourth-order valence-electron chi connectivity index (χ4n) is 2.82. The topological polar surface area (TPSA) is 80.6 Å². The number of carbonyl (C=O) groups excluding carboxylic acids is 2. The number of ether oxygens (including phenoxy) is 1. The largest absolute Gasteiger partial charge is 0.444 e. The molecule has 0 spiro atoms. The van der Waals surface area contributed by atoms with Crippen molar-refractivity contribution in [3.63, 3.8) is 0 Å². The summed E-state index contributed by atoms with van der Waals surface area (Å²) < 4.78 is 7.03. The van der Waals surface area contributed by atoms with E-state index >= 15 is 0 Å². The highest BCUT2D eigenvalue weighted by atomic mass is 16.6. The lowest BCUT2D eigenvalue weighted by Crippen LogP contribution is -2.51. The normalized spacial score (nSPS) is 14.9. The first-order valence-electron chi connectivity index (χ1n) is 9.03. The second-order valence-corrected chi connectivity index (χ2v) is 7.55. The molecule has 1 saturated heterocycles. The van der Waals surface area contributed by atoms with Crippen molar-refractivity contribution in [1.29, 1.82) is 0 Å². The Hall–Kier alpha value is -2.90. The molecule has 1 aromatic carbocycles. The van der Waals surface area contributed by atoms with Gasteiger partial charge in [-0.15, -0.1) is 5.10 Å². The first-order valence-corrected chi connectivity index (χ1v) is 9.03. The number of hydrogen-bond donors (Lipinski definition) is 0. The van der Waals surface area contributed by atoms with E-state index in [0.717, 1.165) is 5.56 Å². The molecule has 0 saturated carbocycles. The van der Waals surface area contributed by atoms with Crippen molar-refractivity contribution in [1.82, 2.24) is 24.8 Å². The number of amides is 2. The molecule has 2 aromatic rings. The van der Waals surface area contributed by atoms with E-state index in [1.54, 1.807) is 20.7 Å². The molecule has 2 heterocycles. The quantitative estimate of drug-likeness (QED) is 0.825. The van der Waals surface area contributed by atoms with Crippen LogP contribution in [0.25, 0.3) is 0 Å². The van der Waals surface area contributed by atoms with Gasteiger partial charge in [-0.3, -0.25) is 4.79 Å². The Balaban J connectivity index is 1.54. The van der Waals surface area contributed by atoms with E-state index in [4.69, 9.17) is 4.74 Å². The van der Waals surface area contributed by atoms with Crippen LogP contribution in [0.4, 0.5) is 4.79 Å². The van der Waals surface area contributed by atoms with Gasteiger partial charge in [0.25, 0.3) is 5.91 Å². The maximum Gasteiger partial charge on any atom is 0.410 e. The lowest BCUT2D eigenvalue weighted by Gasteiger charge is -2.35. The highest BCUT2D eigenvalue weighted by molar-refractivity contribution is 5.92. The van der Waals surface area contributed by atoms with E-state index in [0.29, 0.717) is 38.4 Å². The highest BCUT2D eigenvalue weighted by Crippen LogP contribution is 2.13. The van der Waals surface area contributed by atoms with Crippen LogP contribution in [0.3, 0.4) is 0 Å². The smallest absolute Gasteiger partial charge is 0.410 e. The summed E-state index contributed by atoms with van der Waals surface area (Å²) in [6, 6.07) is 9.87. The Morgan fingerprint density at radius 1 is 1.04 bits per heavy atom. The van der Waals surface area contributed by atoms with Crippen LogP contribution >= 0.6 is 0 Å². The van der Waals surface area contributed by atoms with Crippen LogP contribution in [-0.4, -0.2) is 68.6 Å². The number of nitrogens with zero attached hydrogens (tertiary/aromatic N) is 5. The van der Waals surface area contributed by atoms with Gasteiger partial charge in [0.05, 0.1) is 12.7 Å². The van der Waals surface area contributed by atoms with Gasteiger partial charge in [-0.05, 0) is 26.3 Å². The Labute approximate surface area is 158 Å². The number of hydrogen-bond acceptors (Lipinski definition) is 5. The summed E-state index contributed by atoms with van der Waals surface area (Å²) in [6.45, 7) is 7.86. The van der Waals surface area contributed by atoms with Crippen molar-refractivity contribution in [3.8, 4) is 0 Å². The Morgan fingerprint density at radius 2 is 1.67 bits per heavy atom. The molecule has 0 radical (unpaired) electrons. The van der Waals surface area contributed by atoms with E-state index in [1.165, 1.54) is 0 Å². The van der Waals surface area contributed by atoms with Gasteiger partial charge in [0.15, 0.2) is 5.69 Å². The van der Waals surface area contributed by atoms with Crippen molar-refractivity contribution >= 4 is 12.0 Å². The molecule has 1 aliphatic heterocycles.